The lowest BCUT2D eigenvalue weighted by Crippen LogP contribution is -2.51. The van der Waals surface area contributed by atoms with E-state index in [0.29, 0.717) is 11.5 Å². The van der Waals surface area contributed by atoms with Crippen LogP contribution in [0.15, 0.2) is 0 Å². The molecule has 1 saturated carbocycles. The molecule has 1 aliphatic carbocycles. The summed E-state index contributed by atoms with van der Waals surface area (Å²) in [5, 5.41) is 3.59. The van der Waals surface area contributed by atoms with Crippen molar-refractivity contribution in [1.29, 1.82) is 0 Å². The lowest BCUT2D eigenvalue weighted by Gasteiger charge is -2.45. The van der Waals surface area contributed by atoms with Crippen molar-refractivity contribution in [2.45, 2.75) is 59.4 Å². The van der Waals surface area contributed by atoms with Crippen molar-refractivity contribution in [2.75, 3.05) is 27.2 Å². The van der Waals surface area contributed by atoms with Crippen molar-refractivity contribution in [2.24, 2.45) is 17.3 Å². The molecule has 0 aromatic heterocycles. The van der Waals surface area contributed by atoms with E-state index in [0.717, 1.165) is 11.8 Å². The van der Waals surface area contributed by atoms with E-state index in [1.165, 1.54) is 38.8 Å². The molecule has 0 spiro atoms. The molecule has 0 radical (unpaired) electrons. The standard InChI is InChI=1S/C16H34N2/c1-7-13(2)11-18(6)12-14-9-8-10-16(3,4)15(14)17-5/h13-15,17H,7-12H2,1-6H3. The molecule has 0 saturated heterocycles. The molecular weight excluding hydrogens is 220 g/mol. The summed E-state index contributed by atoms with van der Waals surface area (Å²) in [7, 11) is 4.43. The molecule has 0 bridgehead atoms. The molecule has 108 valence electrons. The van der Waals surface area contributed by atoms with Crippen LogP contribution in [0.1, 0.15) is 53.4 Å². The second kappa shape index (κ2) is 6.91. The first kappa shape index (κ1) is 16.0. The van der Waals surface area contributed by atoms with E-state index in [2.05, 4.69) is 52.0 Å². The summed E-state index contributed by atoms with van der Waals surface area (Å²) in [6.45, 7) is 12.0. The number of hydrogen-bond acceptors (Lipinski definition) is 2. The third kappa shape index (κ3) is 4.24. The highest BCUT2D eigenvalue weighted by molar-refractivity contribution is 4.93. The van der Waals surface area contributed by atoms with E-state index in [1.54, 1.807) is 0 Å². The Balaban J connectivity index is 2.53. The summed E-state index contributed by atoms with van der Waals surface area (Å²) in [4.78, 5) is 2.55. The Bertz CT molecular complexity index is 237. The number of nitrogens with one attached hydrogen (secondary N) is 1. The smallest absolute Gasteiger partial charge is 0.0156 e. The van der Waals surface area contributed by atoms with E-state index >= 15 is 0 Å². The van der Waals surface area contributed by atoms with Gasteiger partial charge >= 0.3 is 0 Å². The highest BCUT2D eigenvalue weighted by atomic mass is 15.1. The number of hydrogen-bond donors (Lipinski definition) is 1. The molecule has 1 fully saturated rings. The zero-order chi connectivity index (χ0) is 13.8. The Hall–Kier alpha value is -0.0800. The molecule has 0 aromatic rings. The Labute approximate surface area is 115 Å². The van der Waals surface area contributed by atoms with Crippen LogP contribution in [0.4, 0.5) is 0 Å². The van der Waals surface area contributed by atoms with Crippen molar-refractivity contribution < 1.29 is 0 Å². The summed E-state index contributed by atoms with van der Waals surface area (Å²) < 4.78 is 0. The maximum Gasteiger partial charge on any atom is 0.0156 e. The van der Waals surface area contributed by atoms with Crippen LogP contribution < -0.4 is 5.32 Å². The average Bonchev–Trinajstić information content (AvgIpc) is 2.27. The van der Waals surface area contributed by atoms with Crippen LogP contribution in [0.3, 0.4) is 0 Å². The molecule has 18 heavy (non-hydrogen) atoms. The summed E-state index contributed by atoms with van der Waals surface area (Å²) in [5.74, 6) is 1.63. The highest BCUT2D eigenvalue weighted by Gasteiger charge is 2.38. The van der Waals surface area contributed by atoms with Gasteiger partial charge in [0.1, 0.15) is 0 Å². The van der Waals surface area contributed by atoms with Gasteiger partial charge in [-0.25, -0.2) is 0 Å². The van der Waals surface area contributed by atoms with Crippen molar-refractivity contribution in [1.82, 2.24) is 10.2 Å². The lowest BCUT2D eigenvalue weighted by atomic mass is 9.68. The van der Waals surface area contributed by atoms with E-state index in [-0.39, 0.29) is 0 Å². The summed E-state index contributed by atoms with van der Waals surface area (Å²) in [6, 6.07) is 0.672. The Morgan fingerprint density at radius 2 is 2.06 bits per heavy atom. The maximum absolute atomic E-state index is 3.59. The monoisotopic (exact) mass is 254 g/mol. The Morgan fingerprint density at radius 1 is 1.39 bits per heavy atom. The molecule has 2 heteroatoms. The molecule has 0 aliphatic heterocycles. The summed E-state index contributed by atoms with van der Waals surface area (Å²) in [5.41, 5.74) is 0.453. The third-order valence-electron chi connectivity index (χ3n) is 4.89. The van der Waals surface area contributed by atoms with Gasteiger partial charge in [-0.3, -0.25) is 0 Å². The number of nitrogens with zero attached hydrogens (tertiary/aromatic N) is 1. The first-order chi connectivity index (χ1) is 8.40. The van der Waals surface area contributed by atoms with Gasteiger partial charge in [0.05, 0.1) is 0 Å². The average molecular weight is 254 g/mol. The minimum absolute atomic E-state index is 0.453. The van der Waals surface area contributed by atoms with Crippen LogP contribution in [0.5, 0.6) is 0 Å². The molecule has 3 atom stereocenters. The fourth-order valence-corrected chi connectivity index (χ4v) is 3.74. The van der Waals surface area contributed by atoms with Gasteiger partial charge < -0.3 is 10.2 Å². The Kier molecular flexibility index (Phi) is 6.13. The van der Waals surface area contributed by atoms with E-state index in [4.69, 9.17) is 0 Å². The molecule has 2 nitrogen and oxygen atoms in total. The summed E-state index contributed by atoms with van der Waals surface area (Å²) in [6.07, 6.45) is 5.44. The van der Waals surface area contributed by atoms with Crippen molar-refractivity contribution in [3.63, 3.8) is 0 Å². The van der Waals surface area contributed by atoms with Gasteiger partial charge in [0.25, 0.3) is 0 Å². The topological polar surface area (TPSA) is 15.3 Å². The normalized spacial score (nSPS) is 29.5. The molecular formula is C16H34N2. The fraction of sp³-hybridized carbons (Fsp3) is 1.00. The predicted molar refractivity (Wildman–Crippen MR) is 80.9 cm³/mol. The molecule has 1 N–H and O–H groups in total. The first-order valence-electron chi connectivity index (χ1n) is 7.76. The van der Waals surface area contributed by atoms with Gasteiger partial charge in [0, 0.05) is 19.1 Å². The van der Waals surface area contributed by atoms with Crippen LogP contribution in [-0.2, 0) is 0 Å². The SMILES string of the molecule is CCC(C)CN(C)CC1CCCC(C)(C)C1NC. The molecule has 0 aromatic carbocycles. The van der Waals surface area contributed by atoms with Gasteiger partial charge in [-0.2, -0.15) is 0 Å². The second-order valence-electron chi connectivity index (χ2n) is 7.14. The molecule has 1 aliphatic rings. The number of rotatable bonds is 6. The van der Waals surface area contributed by atoms with Crippen LogP contribution in [0.25, 0.3) is 0 Å². The van der Waals surface area contributed by atoms with Crippen molar-refractivity contribution in [3.05, 3.63) is 0 Å². The molecule has 3 unspecified atom stereocenters. The van der Waals surface area contributed by atoms with E-state index < -0.39 is 0 Å². The lowest BCUT2D eigenvalue weighted by molar-refractivity contribution is 0.0869. The minimum atomic E-state index is 0.453. The minimum Gasteiger partial charge on any atom is -0.316 e. The quantitative estimate of drug-likeness (QED) is 0.782. The highest BCUT2D eigenvalue weighted by Crippen LogP contribution is 2.39. The third-order valence-corrected chi connectivity index (χ3v) is 4.89. The summed E-state index contributed by atoms with van der Waals surface area (Å²) >= 11 is 0. The van der Waals surface area contributed by atoms with Gasteiger partial charge in [-0.1, -0.05) is 40.5 Å². The van der Waals surface area contributed by atoms with Crippen molar-refractivity contribution >= 4 is 0 Å². The van der Waals surface area contributed by atoms with Crippen molar-refractivity contribution in [3.8, 4) is 0 Å². The van der Waals surface area contributed by atoms with Gasteiger partial charge in [0.15, 0.2) is 0 Å². The van der Waals surface area contributed by atoms with Crippen LogP contribution in [0.2, 0.25) is 0 Å². The second-order valence-corrected chi connectivity index (χ2v) is 7.14. The Morgan fingerprint density at radius 3 is 2.61 bits per heavy atom. The van der Waals surface area contributed by atoms with Crippen LogP contribution in [-0.4, -0.2) is 38.1 Å². The molecule has 0 heterocycles. The van der Waals surface area contributed by atoms with E-state index in [9.17, 15) is 0 Å². The fourth-order valence-electron chi connectivity index (χ4n) is 3.74. The van der Waals surface area contributed by atoms with Gasteiger partial charge in [-0.15, -0.1) is 0 Å². The van der Waals surface area contributed by atoms with E-state index in [1.807, 2.05) is 0 Å². The largest absolute Gasteiger partial charge is 0.316 e. The van der Waals surface area contributed by atoms with Crippen LogP contribution in [0, 0.1) is 17.3 Å². The molecule has 1 rings (SSSR count). The first-order valence-corrected chi connectivity index (χ1v) is 7.76. The maximum atomic E-state index is 3.59. The predicted octanol–water partition coefficient (Wildman–Crippen LogP) is 3.38. The zero-order valence-corrected chi connectivity index (χ0v) is 13.4. The zero-order valence-electron chi connectivity index (χ0n) is 13.4. The van der Waals surface area contributed by atoms with Crippen LogP contribution >= 0.6 is 0 Å². The van der Waals surface area contributed by atoms with Gasteiger partial charge in [0.2, 0.25) is 0 Å². The molecule has 0 amide bonds. The van der Waals surface area contributed by atoms with Gasteiger partial charge in [-0.05, 0) is 44.2 Å².